The van der Waals surface area contributed by atoms with E-state index in [1.807, 2.05) is 27.7 Å². The van der Waals surface area contributed by atoms with Crippen molar-refractivity contribution in [1.29, 1.82) is 0 Å². The second-order valence-corrected chi connectivity index (χ2v) is 7.45. The van der Waals surface area contributed by atoms with E-state index in [0.29, 0.717) is 29.0 Å². The predicted molar refractivity (Wildman–Crippen MR) is 109 cm³/mol. The summed E-state index contributed by atoms with van der Waals surface area (Å²) in [5.41, 5.74) is 1.58. The van der Waals surface area contributed by atoms with Crippen LogP contribution in [0.3, 0.4) is 0 Å². The molecule has 0 saturated carbocycles. The topological polar surface area (TPSA) is 84.5 Å². The average molecular weight is 382 g/mol. The van der Waals surface area contributed by atoms with Crippen molar-refractivity contribution in [3.8, 4) is 0 Å². The molecule has 0 aliphatic carbocycles. The molecule has 28 heavy (non-hydrogen) atoms. The fourth-order valence-electron chi connectivity index (χ4n) is 2.36. The van der Waals surface area contributed by atoms with Gasteiger partial charge in [-0.2, -0.15) is 0 Å². The van der Waals surface area contributed by atoms with Crippen LogP contribution in [0.1, 0.15) is 65.2 Å². The molecule has 2 rings (SSSR count). The Labute approximate surface area is 165 Å². The first kappa shape index (κ1) is 21.2. The van der Waals surface area contributed by atoms with E-state index in [1.54, 1.807) is 48.5 Å². The van der Waals surface area contributed by atoms with E-state index in [-0.39, 0.29) is 23.3 Å². The summed E-state index contributed by atoms with van der Waals surface area (Å²) >= 11 is 0. The Morgan fingerprint density at radius 3 is 1.82 bits per heavy atom. The number of esters is 1. The van der Waals surface area contributed by atoms with Crippen molar-refractivity contribution < 1.29 is 19.1 Å². The summed E-state index contributed by atoms with van der Waals surface area (Å²) in [6.07, 6.45) is 0.760. The van der Waals surface area contributed by atoms with Crippen LogP contribution in [0.2, 0.25) is 0 Å². The van der Waals surface area contributed by atoms with Crippen molar-refractivity contribution in [2.45, 2.75) is 39.7 Å². The fourth-order valence-corrected chi connectivity index (χ4v) is 2.36. The summed E-state index contributed by atoms with van der Waals surface area (Å²) in [7, 11) is 0. The lowest BCUT2D eigenvalue weighted by atomic mass is 10.1. The van der Waals surface area contributed by atoms with Gasteiger partial charge in [-0.05, 0) is 75.7 Å². The summed E-state index contributed by atoms with van der Waals surface area (Å²) in [5.74, 6) is -0.877. The molecule has 6 nitrogen and oxygen atoms in total. The highest BCUT2D eigenvalue weighted by atomic mass is 16.5. The van der Waals surface area contributed by atoms with Crippen LogP contribution in [-0.2, 0) is 4.74 Å². The molecule has 6 heteroatoms. The number of benzene rings is 2. The summed E-state index contributed by atoms with van der Waals surface area (Å²) in [6.45, 7) is 8.01. The maximum Gasteiger partial charge on any atom is 0.338 e. The Bertz CT molecular complexity index is 834. The predicted octanol–water partition coefficient (Wildman–Crippen LogP) is 4.03. The quantitative estimate of drug-likeness (QED) is 0.739. The molecule has 0 fully saturated rings. The van der Waals surface area contributed by atoms with E-state index < -0.39 is 0 Å². The van der Waals surface area contributed by atoms with Crippen molar-refractivity contribution in [3.05, 3.63) is 65.2 Å². The number of carbonyl (C=O) groups is 3. The SMILES string of the molecule is CCCOC(=O)c1ccc(NC(=O)c2ccc(C(=O)NC(C)(C)C)cc2)cc1. The second kappa shape index (κ2) is 9.17. The molecule has 0 atom stereocenters. The average Bonchev–Trinajstić information content (AvgIpc) is 2.65. The van der Waals surface area contributed by atoms with Crippen LogP contribution in [0, 0.1) is 0 Å². The lowest BCUT2D eigenvalue weighted by Gasteiger charge is -2.20. The van der Waals surface area contributed by atoms with Crippen molar-refractivity contribution in [2.75, 3.05) is 11.9 Å². The smallest absolute Gasteiger partial charge is 0.338 e. The molecular weight excluding hydrogens is 356 g/mol. The lowest BCUT2D eigenvalue weighted by Crippen LogP contribution is -2.40. The Morgan fingerprint density at radius 1 is 0.821 bits per heavy atom. The van der Waals surface area contributed by atoms with Crippen molar-refractivity contribution in [3.63, 3.8) is 0 Å². The normalized spacial score (nSPS) is 10.9. The van der Waals surface area contributed by atoms with Gasteiger partial charge in [-0.25, -0.2) is 4.79 Å². The van der Waals surface area contributed by atoms with E-state index >= 15 is 0 Å². The van der Waals surface area contributed by atoms with Crippen LogP contribution in [0.15, 0.2) is 48.5 Å². The molecule has 0 heterocycles. The minimum absolute atomic E-state index is 0.190. The number of anilines is 1. The van der Waals surface area contributed by atoms with Gasteiger partial charge in [-0.1, -0.05) is 6.92 Å². The third-order valence-electron chi connectivity index (χ3n) is 3.71. The van der Waals surface area contributed by atoms with Gasteiger partial charge in [-0.3, -0.25) is 9.59 Å². The summed E-state index contributed by atoms with van der Waals surface area (Å²) in [5, 5.41) is 5.64. The molecule has 0 saturated heterocycles. The number of ether oxygens (including phenoxy) is 1. The first-order valence-corrected chi connectivity index (χ1v) is 9.21. The highest BCUT2D eigenvalue weighted by Gasteiger charge is 2.16. The van der Waals surface area contributed by atoms with Crippen molar-refractivity contribution in [2.24, 2.45) is 0 Å². The second-order valence-electron chi connectivity index (χ2n) is 7.45. The maximum atomic E-state index is 12.4. The molecule has 2 aromatic rings. The van der Waals surface area contributed by atoms with Crippen LogP contribution in [0.5, 0.6) is 0 Å². The summed E-state index contributed by atoms with van der Waals surface area (Å²) in [4.78, 5) is 36.3. The molecule has 0 bridgehead atoms. The fraction of sp³-hybridized carbons (Fsp3) is 0.318. The van der Waals surface area contributed by atoms with E-state index in [2.05, 4.69) is 10.6 Å². The number of carbonyl (C=O) groups excluding carboxylic acids is 3. The molecule has 2 aromatic carbocycles. The highest BCUT2D eigenvalue weighted by Crippen LogP contribution is 2.13. The van der Waals surface area contributed by atoms with Gasteiger partial charge in [0, 0.05) is 22.4 Å². The number of nitrogens with one attached hydrogen (secondary N) is 2. The zero-order valence-electron chi connectivity index (χ0n) is 16.7. The Hall–Kier alpha value is -3.15. The van der Waals surface area contributed by atoms with E-state index in [9.17, 15) is 14.4 Å². The third-order valence-corrected chi connectivity index (χ3v) is 3.71. The van der Waals surface area contributed by atoms with Crippen LogP contribution in [-0.4, -0.2) is 29.9 Å². The number of hydrogen-bond donors (Lipinski definition) is 2. The van der Waals surface area contributed by atoms with Crippen molar-refractivity contribution >= 4 is 23.5 Å². The van der Waals surface area contributed by atoms with Gasteiger partial charge < -0.3 is 15.4 Å². The number of hydrogen-bond acceptors (Lipinski definition) is 4. The van der Waals surface area contributed by atoms with Crippen LogP contribution >= 0.6 is 0 Å². The van der Waals surface area contributed by atoms with Crippen LogP contribution in [0.25, 0.3) is 0 Å². The van der Waals surface area contributed by atoms with Gasteiger partial charge in [0.1, 0.15) is 0 Å². The Balaban J connectivity index is 1.99. The lowest BCUT2D eigenvalue weighted by molar-refractivity contribution is 0.0505. The molecular formula is C22H26N2O4. The van der Waals surface area contributed by atoms with Gasteiger partial charge in [0.25, 0.3) is 11.8 Å². The summed E-state index contributed by atoms with van der Waals surface area (Å²) < 4.78 is 5.07. The molecule has 0 aromatic heterocycles. The molecule has 0 aliphatic rings. The third kappa shape index (κ3) is 6.23. The maximum absolute atomic E-state index is 12.4. The zero-order valence-corrected chi connectivity index (χ0v) is 16.7. The first-order valence-electron chi connectivity index (χ1n) is 9.21. The molecule has 148 valence electrons. The first-order chi connectivity index (χ1) is 13.2. The van der Waals surface area contributed by atoms with Crippen LogP contribution in [0.4, 0.5) is 5.69 Å². The Kier molecular flexibility index (Phi) is 6.93. The Morgan fingerprint density at radius 2 is 1.32 bits per heavy atom. The molecule has 0 aliphatic heterocycles. The minimum Gasteiger partial charge on any atom is -0.462 e. The molecule has 0 spiro atoms. The molecule has 0 radical (unpaired) electrons. The molecule has 0 unspecified atom stereocenters. The standard InChI is InChI=1S/C22H26N2O4/c1-5-14-28-21(27)17-10-12-18(13-11-17)23-19(25)15-6-8-16(9-7-15)20(26)24-22(2,3)4/h6-13H,5,14H2,1-4H3,(H,23,25)(H,24,26). The van der Waals surface area contributed by atoms with Crippen molar-refractivity contribution in [1.82, 2.24) is 5.32 Å². The van der Waals surface area contributed by atoms with Crippen LogP contribution < -0.4 is 10.6 Å². The van der Waals surface area contributed by atoms with E-state index in [0.717, 1.165) is 6.42 Å². The monoisotopic (exact) mass is 382 g/mol. The zero-order chi connectivity index (χ0) is 20.7. The minimum atomic E-state index is -0.385. The van der Waals surface area contributed by atoms with Gasteiger partial charge >= 0.3 is 5.97 Å². The molecule has 2 N–H and O–H groups in total. The molecule has 2 amide bonds. The summed E-state index contributed by atoms with van der Waals surface area (Å²) in [6, 6.07) is 12.9. The largest absolute Gasteiger partial charge is 0.462 e. The van der Waals surface area contributed by atoms with E-state index in [1.165, 1.54) is 0 Å². The van der Waals surface area contributed by atoms with Gasteiger partial charge in [0.15, 0.2) is 0 Å². The number of rotatable bonds is 6. The van der Waals surface area contributed by atoms with Gasteiger partial charge in [0.2, 0.25) is 0 Å². The number of amides is 2. The van der Waals surface area contributed by atoms with Gasteiger partial charge in [0.05, 0.1) is 12.2 Å². The highest BCUT2D eigenvalue weighted by molar-refractivity contribution is 6.05. The van der Waals surface area contributed by atoms with E-state index in [4.69, 9.17) is 4.74 Å². The van der Waals surface area contributed by atoms with Gasteiger partial charge in [-0.15, -0.1) is 0 Å².